The molecule has 0 unspecified atom stereocenters. The van der Waals surface area contributed by atoms with Gasteiger partial charge in [0.1, 0.15) is 10.3 Å². The van der Waals surface area contributed by atoms with Crippen LogP contribution in [0.25, 0.3) is 0 Å². The van der Waals surface area contributed by atoms with E-state index in [0.29, 0.717) is 22.9 Å². The fourth-order valence-electron chi connectivity index (χ4n) is 1.65. The van der Waals surface area contributed by atoms with E-state index in [9.17, 15) is 4.79 Å². The summed E-state index contributed by atoms with van der Waals surface area (Å²) in [6.45, 7) is 6.38. The first-order valence-electron chi connectivity index (χ1n) is 5.75. The molecule has 0 aliphatic rings. The van der Waals surface area contributed by atoms with E-state index in [1.54, 1.807) is 4.57 Å². The van der Waals surface area contributed by atoms with Crippen LogP contribution < -0.4 is 5.56 Å². The summed E-state index contributed by atoms with van der Waals surface area (Å²) in [6.07, 6.45) is 3.45. The lowest BCUT2D eigenvalue weighted by Crippen LogP contribution is -2.24. The van der Waals surface area contributed by atoms with Crippen molar-refractivity contribution in [2.75, 3.05) is 0 Å². The summed E-state index contributed by atoms with van der Waals surface area (Å²) in [4.78, 5) is 16.1. The van der Waals surface area contributed by atoms with E-state index in [1.165, 1.54) is 6.20 Å². The zero-order chi connectivity index (χ0) is 13.3. The Labute approximate surface area is 114 Å². The molecule has 0 spiro atoms. The van der Waals surface area contributed by atoms with Crippen molar-refractivity contribution in [2.45, 2.75) is 33.4 Å². The standard InChI is InChI=1S/C12H15BrN4O/c1-8(2)17-5-4-10(15-17)7-16-9(3)14-6-11(13)12(16)18/h4-6,8H,7H2,1-3H3. The number of halogens is 1. The van der Waals surface area contributed by atoms with Gasteiger partial charge in [-0.15, -0.1) is 0 Å². The van der Waals surface area contributed by atoms with E-state index < -0.39 is 0 Å². The van der Waals surface area contributed by atoms with Gasteiger partial charge in [-0.05, 0) is 42.8 Å². The van der Waals surface area contributed by atoms with E-state index in [1.807, 2.05) is 23.9 Å². The summed E-state index contributed by atoms with van der Waals surface area (Å²) in [6, 6.07) is 2.24. The molecule has 0 N–H and O–H groups in total. The van der Waals surface area contributed by atoms with Gasteiger partial charge in [-0.3, -0.25) is 14.0 Å². The third kappa shape index (κ3) is 2.53. The van der Waals surface area contributed by atoms with Crippen molar-refractivity contribution >= 4 is 15.9 Å². The Morgan fingerprint density at radius 3 is 2.78 bits per heavy atom. The third-order valence-electron chi connectivity index (χ3n) is 2.72. The van der Waals surface area contributed by atoms with Crippen molar-refractivity contribution in [1.82, 2.24) is 19.3 Å². The molecule has 0 bridgehead atoms. The van der Waals surface area contributed by atoms with Crippen LogP contribution in [0.4, 0.5) is 0 Å². The number of nitrogens with zero attached hydrogens (tertiary/aromatic N) is 4. The monoisotopic (exact) mass is 310 g/mol. The predicted octanol–water partition coefficient (Wildman–Crippen LogP) is 2.14. The molecule has 0 aromatic carbocycles. The fourth-order valence-corrected chi connectivity index (χ4v) is 1.96. The van der Waals surface area contributed by atoms with Crippen LogP contribution in [0, 0.1) is 6.92 Å². The normalized spacial score (nSPS) is 11.2. The Hall–Kier alpha value is -1.43. The Kier molecular flexibility index (Phi) is 3.65. The van der Waals surface area contributed by atoms with Crippen molar-refractivity contribution in [3.05, 3.63) is 44.8 Å². The quantitative estimate of drug-likeness (QED) is 0.872. The van der Waals surface area contributed by atoms with Crippen molar-refractivity contribution in [1.29, 1.82) is 0 Å². The number of rotatable bonds is 3. The molecule has 0 fully saturated rings. The number of hydrogen-bond donors (Lipinski definition) is 0. The summed E-state index contributed by atoms with van der Waals surface area (Å²) < 4.78 is 3.95. The van der Waals surface area contributed by atoms with E-state index in [2.05, 4.69) is 39.9 Å². The van der Waals surface area contributed by atoms with Crippen LogP contribution in [0.5, 0.6) is 0 Å². The van der Waals surface area contributed by atoms with Crippen LogP contribution >= 0.6 is 15.9 Å². The summed E-state index contributed by atoms with van der Waals surface area (Å²) in [5, 5.41) is 4.43. The summed E-state index contributed by atoms with van der Waals surface area (Å²) in [7, 11) is 0. The van der Waals surface area contributed by atoms with Gasteiger partial charge in [0.2, 0.25) is 0 Å². The van der Waals surface area contributed by atoms with Gasteiger partial charge in [0.15, 0.2) is 0 Å². The van der Waals surface area contributed by atoms with Gasteiger partial charge in [-0.1, -0.05) is 0 Å². The van der Waals surface area contributed by atoms with Gasteiger partial charge in [0.05, 0.1) is 12.2 Å². The highest BCUT2D eigenvalue weighted by Gasteiger charge is 2.08. The van der Waals surface area contributed by atoms with E-state index in [0.717, 1.165) is 5.69 Å². The first-order chi connectivity index (χ1) is 8.49. The van der Waals surface area contributed by atoms with Gasteiger partial charge >= 0.3 is 0 Å². The second-order valence-corrected chi connectivity index (χ2v) is 5.28. The molecule has 2 heterocycles. The molecule has 96 valence electrons. The second-order valence-electron chi connectivity index (χ2n) is 4.43. The second kappa shape index (κ2) is 5.06. The van der Waals surface area contributed by atoms with Crippen LogP contribution in [-0.2, 0) is 6.54 Å². The van der Waals surface area contributed by atoms with Crippen molar-refractivity contribution < 1.29 is 0 Å². The van der Waals surface area contributed by atoms with Crippen molar-refractivity contribution in [2.24, 2.45) is 0 Å². The van der Waals surface area contributed by atoms with Crippen molar-refractivity contribution in [3.8, 4) is 0 Å². The summed E-state index contributed by atoms with van der Waals surface area (Å²) >= 11 is 3.20. The molecule has 0 saturated carbocycles. The van der Waals surface area contributed by atoms with Gasteiger partial charge in [-0.2, -0.15) is 5.10 Å². The smallest absolute Gasteiger partial charge is 0.268 e. The van der Waals surface area contributed by atoms with E-state index in [-0.39, 0.29) is 5.56 Å². The van der Waals surface area contributed by atoms with Gasteiger partial charge in [0, 0.05) is 18.4 Å². The van der Waals surface area contributed by atoms with Crippen molar-refractivity contribution in [3.63, 3.8) is 0 Å². The van der Waals surface area contributed by atoms with Crippen LogP contribution in [0.1, 0.15) is 31.4 Å². The molecule has 2 rings (SSSR count). The topological polar surface area (TPSA) is 52.7 Å². The molecule has 0 aliphatic carbocycles. The fraction of sp³-hybridized carbons (Fsp3) is 0.417. The first-order valence-corrected chi connectivity index (χ1v) is 6.54. The molecule has 18 heavy (non-hydrogen) atoms. The Morgan fingerprint density at radius 1 is 1.44 bits per heavy atom. The Bertz CT molecular complexity index is 615. The lowest BCUT2D eigenvalue weighted by atomic mass is 10.4. The van der Waals surface area contributed by atoms with Gasteiger partial charge in [-0.25, -0.2) is 4.98 Å². The minimum Gasteiger partial charge on any atom is -0.290 e. The van der Waals surface area contributed by atoms with Crippen LogP contribution in [0.2, 0.25) is 0 Å². The molecule has 0 saturated heterocycles. The minimum absolute atomic E-state index is 0.0819. The highest BCUT2D eigenvalue weighted by atomic mass is 79.9. The van der Waals surface area contributed by atoms with Crippen LogP contribution in [-0.4, -0.2) is 19.3 Å². The summed E-state index contributed by atoms with van der Waals surface area (Å²) in [5.41, 5.74) is 0.774. The number of hydrogen-bond acceptors (Lipinski definition) is 3. The van der Waals surface area contributed by atoms with E-state index >= 15 is 0 Å². The Balaban J connectivity index is 2.34. The zero-order valence-corrected chi connectivity index (χ0v) is 12.2. The average molecular weight is 311 g/mol. The van der Waals surface area contributed by atoms with E-state index in [4.69, 9.17) is 0 Å². The van der Waals surface area contributed by atoms with Gasteiger partial charge in [0.25, 0.3) is 5.56 Å². The minimum atomic E-state index is -0.0819. The molecule has 6 heteroatoms. The maximum absolute atomic E-state index is 12.0. The summed E-state index contributed by atoms with van der Waals surface area (Å²) in [5.74, 6) is 0.683. The SMILES string of the molecule is Cc1ncc(Br)c(=O)n1Cc1ccn(C(C)C)n1. The zero-order valence-electron chi connectivity index (χ0n) is 10.6. The first kappa shape index (κ1) is 13.0. The Morgan fingerprint density at radius 2 is 2.17 bits per heavy atom. The highest BCUT2D eigenvalue weighted by Crippen LogP contribution is 2.07. The molecule has 0 amide bonds. The maximum Gasteiger partial charge on any atom is 0.268 e. The molecule has 0 atom stereocenters. The van der Waals surface area contributed by atoms with Crippen LogP contribution in [0.3, 0.4) is 0 Å². The molecule has 0 aliphatic heterocycles. The van der Waals surface area contributed by atoms with Crippen LogP contribution in [0.15, 0.2) is 27.7 Å². The third-order valence-corrected chi connectivity index (χ3v) is 3.26. The molecule has 5 nitrogen and oxygen atoms in total. The van der Waals surface area contributed by atoms with Gasteiger partial charge < -0.3 is 0 Å². The number of aromatic nitrogens is 4. The molecule has 0 radical (unpaired) electrons. The number of aryl methyl sites for hydroxylation is 1. The molecule has 2 aromatic rings. The average Bonchev–Trinajstić information content (AvgIpc) is 2.78. The lowest BCUT2D eigenvalue weighted by Gasteiger charge is -2.08. The predicted molar refractivity (Wildman–Crippen MR) is 72.6 cm³/mol. The molecular weight excluding hydrogens is 296 g/mol. The highest BCUT2D eigenvalue weighted by molar-refractivity contribution is 9.10. The lowest BCUT2D eigenvalue weighted by molar-refractivity contribution is 0.521. The largest absolute Gasteiger partial charge is 0.290 e. The molecule has 2 aromatic heterocycles. The molecular formula is C12H15BrN4O. The maximum atomic E-state index is 12.0.